The Hall–Kier alpha value is -4.60. The smallest absolute Gasteiger partial charge is 0.416 e. The Balaban J connectivity index is 1.27. The van der Waals surface area contributed by atoms with Crippen molar-refractivity contribution >= 4 is 23.5 Å². The van der Waals surface area contributed by atoms with Crippen LogP contribution in [0.4, 0.5) is 18.9 Å². The van der Waals surface area contributed by atoms with Gasteiger partial charge in [0.1, 0.15) is 0 Å². The molecule has 2 aliphatic rings. The summed E-state index contributed by atoms with van der Waals surface area (Å²) >= 11 is 0. The van der Waals surface area contributed by atoms with Gasteiger partial charge in [-0.1, -0.05) is 42.5 Å². The van der Waals surface area contributed by atoms with E-state index >= 15 is 0 Å². The van der Waals surface area contributed by atoms with Crippen LogP contribution >= 0.6 is 0 Å². The van der Waals surface area contributed by atoms with Gasteiger partial charge < -0.3 is 19.4 Å². The summed E-state index contributed by atoms with van der Waals surface area (Å²) in [6, 6.07) is 20.0. The van der Waals surface area contributed by atoms with Gasteiger partial charge in [0.05, 0.1) is 24.3 Å². The van der Waals surface area contributed by atoms with E-state index in [0.717, 1.165) is 28.8 Å². The molecule has 1 atom stereocenters. The lowest BCUT2D eigenvalue weighted by Crippen LogP contribution is -2.48. The predicted molar refractivity (Wildman–Crippen MR) is 164 cm³/mol. The first-order valence-electron chi connectivity index (χ1n) is 15.0. The molecule has 0 aromatic heterocycles. The van der Waals surface area contributed by atoms with E-state index < -0.39 is 23.6 Å². The molecule has 0 saturated carbocycles. The van der Waals surface area contributed by atoms with Crippen LogP contribution in [0.2, 0.25) is 0 Å². The van der Waals surface area contributed by atoms with E-state index in [9.17, 15) is 27.6 Å². The van der Waals surface area contributed by atoms with E-state index in [1.165, 1.54) is 6.07 Å². The Kier molecular flexibility index (Phi) is 9.32. The largest absolute Gasteiger partial charge is 0.463 e. The Morgan fingerprint density at radius 2 is 1.60 bits per heavy atom. The monoisotopic (exact) mass is 619 g/mol. The van der Waals surface area contributed by atoms with Crippen molar-refractivity contribution in [2.75, 3.05) is 37.7 Å². The first-order valence-corrected chi connectivity index (χ1v) is 15.0. The molecule has 10 heteroatoms. The third-order valence-electron chi connectivity index (χ3n) is 8.53. The normalized spacial score (nSPS) is 17.5. The average molecular weight is 620 g/mol. The van der Waals surface area contributed by atoms with Gasteiger partial charge in [-0.25, -0.2) is 4.79 Å². The molecular weight excluding hydrogens is 583 g/mol. The maximum Gasteiger partial charge on any atom is 0.416 e. The summed E-state index contributed by atoms with van der Waals surface area (Å²) in [6.07, 6.45) is -4.28. The fourth-order valence-electron chi connectivity index (χ4n) is 6.08. The molecule has 0 spiro atoms. The van der Waals surface area contributed by atoms with Gasteiger partial charge in [-0.05, 0) is 67.8 Å². The molecule has 5 rings (SSSR count). The minimum atomic E-state index is -4.41. The van der Waals surface area contributed by atoms with Gasteiger partial charge in [-0.2, -0.15) is 13.2 Å². The van der Waals surface area contributed by atoms with E-state index in [4.69, 9.17) is 4.74 Å². The number of aryl methyl sites for hydroxylation is 1. The number of hydrogen-bond donors (Lipinski definition) is 0. The van der Waals surface area contributed by atoms with E-state index in [-0.39, 0.29) is 31.4 Å². The lowest BCUT2D eigenvalue weighted by Gasteiger charge is -2.36. The SMILES string of the molecule is CCOC(=O)C1=C(C)N(Cc2ccc(C(=O)N3CCN(c4cccc(C(F)(F)F)c4)CC3)cc2)C(=O)CC1c1ccccc1C. The highest BCUT2D eigenvalue weighted by Gasteiger charge is 2.37. The summed E-state index contributed by atoms with van der Waals surface area (Å²) in [5, 5.41) is 0. The molecule has 1 unspecified atom stereocenters. The van der Waals surface area contributed by atoms with Crippen molar-refractivity contribution in [2.24, 2.45) is 0 Å². The average Bonchev–Trinajstić information content (AvgIpc) is 3.03. The number of anilines is 1. The van der Waals surface area contributed by atoms with Crippen molar-refractivity contribution in [3.05, 3.63) is 112 Å². The molecule has 1 fully saturated rings. The number of allylic oxidation sites excluding steroid dienone is 1. The van der Waals surface area contributed by atoms with E-state index in [0.29, 0.717) is 48.7 Å². The van der Waals surface area contributed by atoms with Gasteiger partial charge in [0.15, 0.2) is 0 Å². The second-order valence-electron chi connectivity index (χ2n) is 11.3. The first kappa shape index (κ1) is 31.8. The lowest BCUT2D eigenvalue weighted by atomic mass is 9.81. The summed E-state index contributed by atoms with van der Waals surface area (Å²) in [5.74, 6) is -1.11. The van der Waals surface area contributed by atoms with Crippen molar-refractivity contribution < 1.29 is 32.3 Å². The first-order chi connectivity index (χ1) is 21.5. The second-order valence-corrected chi connectivity index (χ2v) is 11.3. The predicted octanol–water partition coefficient (Wildman–Crippen LogP) is 6.33. The van der Waals surface area contributed by atoms with Gasteiger partial charge in [0.25, 0.3) is 5.91 Å². The molecule has 0 radical (unpaired) electrons. The van der Waals surface area contributed by atoms with E-state index in [1.54, 1.807) is 54.0 Å². The Morgan fingerprint density at radius 1 is 0.911 bits per heavy atom. The summed E-state index contributed by atoms with van der Waals surface area (Å²) in [4.78, 5) is 44.9. The number of hydrogen-bond acceptors (Lipinski definition) is 5. The minimum absolute atomic E-state index is 0.104. The van der Waals surface area contributed by atoms with Crippen LogP contribution in [0, 0.1) is 6.92 Å². The summed E-state index contributed by atoms with van der Waals surface area (Å²) in [7, 11) is 0. The number of nitrogens with zero attached hydrogens (tertiary/aromatic N) is 3. The Bertz CT molecular complexity index is 1610. The second kappa shape index (κ2) is 13.2. The molecule has 236 valence electrons. The highest BCUT2D eigenvalue weighted by atomic mass is 19.4. The van der Waals surface area contributed by atoms with Gasteiger partial charge in [0.2, 0.25) is 5.91 Å². The zero-order valence-corrected chi connectivity index (χ0v) is 25.6. The molecular formula is C35H36F3N3O4. The number of rotatable bonds is 7. The number of halogens is 3. The molecule has 0 N–H and O–H groups in total. The van der Waals surface area contributed by atoms with Gasteiger partial charge >= 0.3 is 12.1 Å². The topological polar surface area (TPSA) is 70.2 Å². The van der Waals surface area contributed by atoms with Gasteiger partial charge in [-0.3, -0.25) is 9.59 Å². The fraction of sp³-hybridized carbons (Fsp3) is 0.343. The van der Waals surface area contributed by atoms with E-state index in [2.05, 4.69) is 0 Å². The molecule has 45 heavy (non-hydrogen) atoms. The molecule has 1 saturated heterocycles. The van der Waals surface area contributed by atoms with Crippen molar-refractivity contribution in [1.29, 1.82) is 0 Å². The van der Waals surface area contributed by atoms with Crippen molar-refractivity contribution in [1.82, 2.24) is 9.80 Å². The standard InChI is InChI=1S/C35H36F3N3O4/c1-4-45-34(44)32-24(3)41(31(42)21-30(32)29-11-6-5-8-23(29)2)22-25-12-14-26(15-13-25)33(43)40-18-16-39(17-19-40)28-10-7-9-27(20-28)35(36,37)38/h5-15,20,30H,4,16-19,21-22H2,1-3H3. The number of amides is 2. The third-order valence-corrected chi connectivity index (χ3v) is 8.53. The van der Waals surface area contributed by atoms with Crippen LogP contribution < -0.4 is 4.90 Å². The molecule has 2 aliphatic heterocycles. The Labute approximate surface area is 260 Å². The van der Waals surface area contributed by atoms with E-state index in [1.807, 2.05) is 36.1 Å². The maximum absolute atomic E-state index is 13.4. The van der Waals surface area contributed by atoms with Crippen molar-refractivity contribution in [3.8, 4) is 0 Å². The zero-order chi connectivity index (χ0) is 32.3. The van der Waals surface area contributed by atoms with Crippen LogP contribution in [0.15, 0.2) is 84.1 Å². The molecule has 0 bridgehead atoms. The molecule has 0 aliphatic carbocycles. The number of piperazine rings is 1. The number of esters is 1. The quantitative estimate of drug-likeness (QED) is 0.289. The van der Waals surface area contributed by atoms with Crippen LogP contribution in [0.5, 0.6) is 0 Å². The van der Waals surface area contributed by atoms with Crippen LogP contribution in [-0.4, -0.2) is 60.4 Å². The maximum atomic E-state index is 13.4. The fourth-order valence-corrected chi connectivity index (χ4v) is 6.08. The third kappa shape index (κ3) is 6.90. The van der Waals surface area contributed by atoms with Crippen LogP contribution in [-0.2, 0) is 27.0 Å². The van der Waals surface area contributed by atoms with Gasteiger partial charge in [-0.15, -0.1) is 0 Å². The van der Waals surface area contributed by atoms with Crippen molar-refractivity contribution in [3.63, 3.8) is 0 Å². The molecule has 7 nitrogen and oxygen atoms in total. The molecule has 2 amide bonds. The number of alkyl halides is 3. The highest BCUT2D eigenvalue weighted by Crippen LogP contribution is 2.39. The Morgan fingerprint density at radius 3 is 2.24 bits per heavy atom. The summed E-state index contributed by atoms with van der Waals surface area (Å²) in [6.45, 7) is 7.53. The lowest BCUT2D eigenvalue weighted by molar-refractivity contribution is -0.140. The molecule has 3 aromatic carbocycles. The molecule has 3 aromatic rings. The van der Waals surface area contributed by atoms with Crippen molar-refractivity contribution in [2.45, 2.75) is 45.8 Å². The van der Waals surface area contributed by atoms with Crippen LogP contribution in [0.25, 0.3) is 0 Å². The zero-order valence-electron chi connectivity index (χ0n) is 25.6. The summed E-state index contributed by atoms with van der Waals surface area (Å²) < 4.78 is 44.8. The number of benzene rings is 3. The number of carbonyl (C=O) groups excluding carboxylic acids is 3. The van der Waals surface area contributed by atoms with Gasteiger partial charge in [0, 0.05) is 55.5 Å². The van der Waals surface area contributed by atoms with Crippen LogP contribution in [0.1, 0.15) is 58.8 Å². The summed E-state index contributed by atoms with van der Waals surface area (Å²) in [5.41, 5.74) is 4.01. The molecule has 2 heterocycles. The minimum Gasteiger partial charge on any atom is -0.463 e. The van der Waals surface area contributed by atoms with Crippen LogP contribution in [0.3, 0.4) is 0 Å². The number of carbonyl (C=O) groups is 3. The highest BCUT2D eigenvalue weighted by molar-refractivity contribution is 5.96. The number of ether oxygens (including phenoxy) is 1.